The zero-order valence-electron chi connectivity index (χ0n) is 16.7. The molecule has 2 aromatic carbocycles. The van der Waals surface area contributed by atoms with Gasteiger partial charge in [-0.3, -0.25) is 14.5 Å². The predicted octanol–water partition coefficient (Wildman–Crippen LogP) is 3.80. The summed E-state index contributed by atoms with van der Waals surface area (Å²) in [4.78, 5) is 27.4. The van der Waals surface area contributed by atoms with Crippen LogP contribution in [0.3, 0.4) is 0 Å². The van der Waals surface area contributed by atoms with Gasteiger partial charge in [0.2, 0.25) is 11.8 Å². The summed E-state index contributed by atoms with van der Waals surface area (Å²) in [7, 11) is 0. The highest BCUT2D eigenvalue weighted by molar-refractivity contribution is 6.14. The van der Waals surface area contributed by atoms with Gasteiger partial charge in [0.1, 0.15) is 5.54 Å². The van der Waals surface area contributed by atoms with Crippen LogP contribution in [0.2, 0.25) is 0 Å². The maximum Gasteiger partial charge on any atom is 0.250 e. The van der Waals surface area contributed by atoms with Crippen LogP contribution >= 0.6 is 0 Å². The molecule has 2 N–H and O–H groups in total. The molecule has 1 saturated carbocycles. The molecule has 1 aliphatic heterocycles. The number of para-hydroxylation sites is 2. The first kappa shape index (κ1) is 18.7. The smallest absolute Gasteiger partial charge is 0.250 e. The highest BCUT2D eigenvalue weighted by Crippen LogP contribution is 2.41. The first-order valence-electron chi connectivity index (χ1n) is 9.91. The zero-order chi connectivity index (χ0) is 19.9. The van der Waals surface area contributed by atoms with Crippen molar-refractivity contribution in [3.05, 3.63) is 59.7 Å². The van der Waals surface area contributed by atoms with Gasteiger partial charge in [-0.15, -0.1) is 0 Å². The lowest BCUT2D eigenvalue weighted by Crippen LogP contribution is -2.60. The second kappa shape index (κ2) is 7.06. The predicted molar refractivity (Wildman–Crippen MR) is 111 cm³/mol. The number of nitrogens with zero attached hydrogens (tertiary/aromatic N) is 1. The van der Waals surface area contributed by atoms with E-state index in [2.05, 4.69) is 41.8 Å². The summed E-state index contributed by atoms with van der Waals surface area (Å²) >= 11 is 0. The SMILES string of the molecule is Cc1ccc(C(NCC(=O)N2c3ccccc3NC(=O)C2(C)C)C2CC2)cc1. The van der Waals surface area contributed by atoms with Crippen LogP contribution in [0.15, 0.2) is 48.5 Å². The number of nitrogens with one attached hydrogen (secondary N) is 2. The van der Waals surface area contributed by atoms with E-state index >= 15 is 0 Å². The standard InChI is InChI=1S/C23H27N3O2/c1-15-8-10-16(11-9-15)21(17-12-13-17)24-14-20(27)26-19-7-5-4-6-18(19)25-22(28)23(26,2)3/h4-11,17,21,24H,12-14H2,1-3H3,(H,25,28). The Hall–Kier alpha value is -2.66. The van der Waals surface area contributed by atoms with Crippen LogP contribution in [-0.2, 0) is 9.59 Å². The molecular weight excluding hydrogens is 350 g/mol. The number of rotatable bonds is 5. The first-order valence-corrected chi connectivity index (χ1v) is 9.91. The lowest BCUT2D eigenvalue weighted by molar-refractivity contribution is -0.126. The quantitative estimate of drug-likeness (QED) is 0.833. The fourth-order valence-electron chi connectivity index (χ4n) is 3.93. The fourth-order valence-corrected chi connectivity index (χ4v) is 3.93. The second-order valence-electron chi connectivity index (χ2n) is 8.37. The average molecular weight is 377 g/mol. The van der Waals surface area contributed by atoms with Crippen LogP contribution in [0.1, 0.15) is 43.9 Å². The lowest BCUT2D eigenvalue weighted by Gasteiger charge is -2.42. The molecule has 2 aliphatic rings. The van der Waals surface area contributed by atoms with Crippen LogP contribution in [0.5, 0.6) is 0 Å². The summed E-state index contributed by atoms with van der Waals surface area (Å²) in [6.45, 7) is 5.84. The maximum absolute atomic E-state index is 13.2. The van der Waals surface area contributed by atoms with E-state index in [0.29, 0.717) is 11.6 Å². The van der Waals surface area contributed by atoms with Gasteiger partial charge in [-0.1, -0.05) is 42.0 Å². The van der Waals surface area contributed by atoms with Gasteiger partial charge in [-0.05, 0) is 57.2 Å². The maximum atomic E-state index is 13.2. The van der Waals surface area contributed by atoms with Crippen molar-refractivity contribution in [1.82, 2.24) is 5.32 Å². The lowest BCUT2D eigenvalue weighted by atomic mass is 9.96. The number of carbonyl (C=O) groups is 2. The van der Waals surface area contributed by atoms with Gasteiger partial charge in [-0.25, -0.2) is 0 Å². The molecule has 1 aliphatic carbocycles. The molecule has 5 nitrogen and oxygen atoms in total. The molecule has 2 aromatic rings. The fraction of sp³-hybridized carbons (Fsp3) is 0.391. The monoisotopic (exact) mass is 377 g/mol. The number of carbonyl (C=O) groups excluding carboxylic acids is 2. The molecule has 0 radical (unpaired) electrons. The van der Waals surface area contributed by atoms with Crippen LogP contribution in [-0.4, -0.2) is 23.9 Å². The highest BCUT2D eigenvalue weighted by atomic mass is 16.2. The van der Waals surface area contributed by atoms with Crippen LogP contribution < -0.4 is 15.5 Å². The van der Waals surface area contributed by atoms with Gasteiger partial charge in [0.25, 0.3) is 0 Å². The Kier molecular flexibility index (Phi) is 4.71. The highest BCUT2D eigenvalue weighted by Gasteiger charge is 2.43. The van der Waals surface area contributed by atoms with E-state index < -0.39 is 5.54 Å². The Morgan fingerprint density at radius 3 is 2.54 bits per heavy atom. The first-order chi connectivity index (χ1) is 13.4. The van der Waals surface area contributed by atoms with E-state index in [4.69, 9.17) is 0 Å². The molecule has 4 rings (SSSR count). The number of benzene rings is 2. The summed E-state index contributed by atoms with van der Waals surface area (Å²) in [5, 5.41) is 6.38. The molecule has 146 valence electrons. The van der Waals surface area contributed by atoms with Crippen molar-refractivity contribution in [3.63, 3.8) is 0 Å². The molecular formula is C23H27N3O2. The van der Waals surface area contributed by atoms with Gasteiger partial charge >= 0.3 is 0 Å². The largest absolute Gasteiger partial charge is 0.322 e. The molecule has 1 heterocycles. The van der Waals surface area contributed by atoms with Crippen LogP contribution in [0.4, 0.5) is 11.4 Å². The summed E-state index contributed by atoms with van der Waals surface area (Å²) in [6.07, 6.45) is 2.36. The summed E-state index contributed by atoms with van der Waals surface area (Å²) in [5.41, 5.74) is 2.94. The van der Waals surface area contributed by atoms with Crippen molar-refractivity contribution in [2.45, 2.75) is 45.2 Å². The van der Waals surface area contributed by atoms with Gasteiger partial charge in [-0.2, -0.15) is 0 Å². The molecule has 1 fully saturated rings. The number of anilines is 2. The van der Waals surface area contributed by atoms with Crippen molar-refractivity contribution < 1.29 is 9.59 Å². The van der Waals surface area contributed by atoms with E-state index in [1.165, 1.54) is 24.0 Å². The molecule has 0 bridgehead atoms. The number of aryl methyl sites for hydroxylation is 1. The normalized spacial score (nSPS) is 19.0. The minimum atomic E-state index is -0.938. The van der Waals surface area contributed by atoms with E-state index in [1.807, 2.05) is 24.3 Å². The average Bonchev–Trinajstić information content (AvgIpc) is 3.49. The number of hydrogen-bond acceptors (Lipinski definition) is 3. The van der Waals surface area contributed by atoms with Gasteiger partial charge in [0, 0.05) is 6.04 Å². The molecule has 28 heavy (non-hydrogen) atoms. The topological polar surface area (TPSA) is 61.4 Å². The van der Waals surface area contributed by atoms with Crippen molar-refractivity contribution >= 4 is 23.2 Å². The summed E-state index contributed by atoms with van der Waals surface area (Å²) in [6, 6.07) is 16.1. The summed E-state index contributed by atoms with van der Waals surface area (Å²) in [5.74, 6) is 0.308. The van der Waals surface area contributed by atoms with Gasteiger partial charge in [0.15, 0.2) is 0 Å². The molecule has 5 heteroatoms. The Balaban J connectivity index is 1.55. The third-order valence-corrected chi connectivity index (χ3v) is 5.76. The van der Waals surface area contributed by atoms with Crippen molar-refractivity contribution in [1.29, 1.82) is 0 Å². The number of fused-ring (bicyclic) bond motifs is 1. The Morgan fingerprint density at radius 2 is 1.86 bits per heavy atom. The van der Waals surface area contributed by atoms with E-state index in [9.17, 15) is 9.59 Å². The van der Waals surface area contributed by atoms with Crippen molar-refractivity contribution in [2.24, 2.45) is 5.92 Å². The van der Waals surface area contributed by atoms with Crippen molar-refractivity contribution in [3.8, 4) is 0 Å². The Labute approximate surface area is 166 Å². The molecule has 1 atom stereocenters. The van der Waals surface area contributed by atoms with Gasteiger partial charge in [0.05, 0.1) is 17.9 Å². The molecule has 1 unspecified atom stereocenters. The van der Waals surface area contributed by atoms with E-state index in [0.717, 1.165) is 5.69 Å². The molecule has 0 spiro atoms. The Bertz CT molecular complexity index is 900. The van der Waals surface area contributed by atoms with E-state index in [-0.39, 0.29) is 24.4 Å². The number of hydrogen-bond donors (Lipinski definition) is 2. The molecule has 2 amide bonds. The number of amides is 2. The van der Waals surface area contributed by atoms with Crippen molar-refractivity contribution in [2.75, 3.05) is 16.8 Å². The third kappa shape index (κ3) is 3.42. The summed E-state index contributed by atoms with van der Waals surface area (Å²) < 4.78 is 0. The van der Waals surface area contributed by atoms with Gasteiger partial charge < -0.3 is 10.6 Å². The molecule has 0 saturated heterocycles. The minimum Gasteiger partial charge on any atom is -0.322 e. The van der Waals surface area contributed by atoms with E-state index in [1.54, 1.807) is 18.7 Å². The van der Waals surface area contributed by atoms with Crippen LogP contribution in [0, 0.1) is 12.8 Å². The molecule has 0 aromatic heterocycles. The second-order valence-corrected chi connectivity index (χ2v) is 8.37. The minimum absolute atomic E-state index is 0.0925. The third-order valence-electron chi connectivity index (χ3n) is 5.76. The van der Waals surface area contributed by atoms with Crippen LogP contribution in [0.25, 0.3) is 0 Å². The Morgan fingerprint density at radius 1 is 1.18 bits per heavy atom. The zero-order valence-corrected chi connectivity index (χ0v) is 16.7.